The molecule has 2 heteroatoms. The van der Waals surface area contributed by atoms with Gasteiger partial charge in [0, 0.05) is 7.11 Å². The van der Waals surface area contributed by atoms with Crippen LogP contribution < -0.4 is 0 Å². The summed E-state index contributed by atoms with van der Waals surface area (Å²) >= 11 is 0. The van der Waals surface area contributed by atoms with Crippen LogP contribution in [0.5, 0.6) is 5.75 Å². The van der Waals surface area contributed by atoms with Gasteiger partial charge in [0.2, 0.25) is 0 Å². The van der Waals surface area contributed by atoms with Crippen molar-refractivity contribution >= 4 is 0 Å². The lowest BCUT2D eigenvalue weighted by molar-refractivity contribution is 0.108. The van der Waals surface area contributed by atoms with Gasteiger partial charge in [-0.1, -0.05) is 49.2 Å². The maximum Gasteiger partial charge on any atom is 0.115 e. The highest BCUT2D eigenvalue weighted by molar-refractivity contribution is 5.64. The molecule has 0 bridgehead atoms. The topological polar surface area (TPSA) is 29.5 Å². The third kappa shape index (κ3) is 5.19. The van der Waals surface area contributed by atoms with Gasteiger partial charge in [-0.15, -0.1) is 0 Å². The molecular weight excluding hydrogens is 272 g/mol. The van der Waals surface area contributed by atoms with Crippen LogP contribution in [0.1, 0.15) is 38.2 Å². The second-order valence-electron chi connectivity index (χ2n) is 5.89. The van der Waals surface area contributed by atoms with Crippen molar-refractivity contribution in [2.24, 2.45) is 0 Å². The Bertz CT molecular complexity index is 543. The van der Waals surface area contributed by atoms with Crippen LogP contribution in [0, 0.1) is 0 Å². The Hall–Kier alpha value is -1.80. The fourth-order valence-corrected chi connectivity index (χ4v) is 2.57. The molecule has 0 aliphatic carbocycles. The number of aryl methyl sites for hydroxylation is 1. The molecule has 2 nitrogen and oxygen atoms in total. The molecule has 2 rings (SSSR count). The van der Waals surface area contributed by atoms with E-state index in [1.54, 1.807) is 19.2 Å². The first-order valence-electron chi connectivity index (χ1n) is 8.10. The summed E-state index contributed by atoms with van der Waals surface area (Å²) in [6.45, 7) is 2.13. The minimum atomic E-state index is 0.308. The molecule has 118 valence electrons. The lowest BCUT2D eigenvalue weighted by Gasteiger charge is -2.08. The Morgan fingerprint density at radius 2 is 1.45 bits per heavy atom. The summed E-state index contributed by atoms with van der Waals surface area (Å²) < 4.78 is 5.26. The van der Waals surface area contributed by atoms with Crippen LogP contribution in [-0.4, -0.2) is 18.3 Å². The first-order chi connectivity index (χ1) is 10.7. The summed E-state index contributed by atoms with van der Waals surface area (Å²) in [5.74, 6) is 0.308. The van der Waals surface area contributed by atoms with E-state index in [1.807, 2.05) is 12.1 Å². The SMILES string of the molecule is COC(C)CCCCCc1ccc(-c2ccc(O)cc2)cc1. The fourth-order valence-electron chi connectivity index (χ4n) is 2.57. The number of rotatable bonds is 8. The second kappa shape index (κ2) is 8.60. The van der Waals surface area contributed by atoms with E-state index in [-0.39, 0.29) is 0 Å². The van der Waals surface area contributed by atoms with E-state index < -0.39 is 0 Å². The van der Waals surface area contributed by atoms with Gasteiger partial charge in [0.05, 0.1) is 6.10 Å². The van der Waals surface area contributed by atoms with Crippen molar-refractivity contribution < 1.29 is 9.84 Å². The Morgan fingerprint density at radius 1 is 0.864 bits per heavy atom. The van der Waals surface area contributed by atoms with E-state index in [2.05, 4.69) is 31.2 Å². The van der Waals surface area contributed by atoms with E-state index in [1.165, 1.54) is 30.4 Å². The molecule has 2 aromatic rings. The molecule has 0 aliphatic heterocycles. The third-order valence-corrected chi connectivity index (χ3v) is 4.13. The normalized spacial score (nSPS) is 12.3. The summed E-state index contributed by atoms with van der Waals surface area (Å²) in [4.78, 5) is 0. The van der Waals surface area contributed by atoms with Crippen molar-refractivity contribution in [2.75, 3.05) is 7.11 Å². The van der Waals surface area contributed by atoms with E-state index >= 15 is 0 Å². The molecule has 1 atom stereocenters. The smallest absolute Gasteiger partial charge is 0.115 e. The molecule has 1 N–H and O–H groups in total. The van der Waals surface area contributed by atoms with Gasteiger partial charge in [0.25, 0.3) is 0 Å². The maximum absolute atomic E-state index is 9.33. The van der Waals surface area contributed by atoms with Crippen molar-refractivity contribution in [3.05, 3.63) is 54.1 Å². The summed E-state index contributed by atoms with van der Waals surface area (Å²) in [5.41, 5.74) is 3.72. The van der Waals surface area contributed by atoms with E-state index in [9.17, 15) is 5.11 Å². The summed E-state index contributed by atoms with van der Waals surface area (Å²) in [6.07, 6.45) is 6.39. The van der Waals surface area contributed by atoms with Crippen LogP contribution in [0.2, 0.25) is 0 Å². The Morgan fingerprint density at radius 3 is 2.05 bits per heavy atom. The molecule has 2 aromatic carbocycles. The van der Waals surface area contributed by atoms with Crippen molar-refractivity contribution in [2.45, 2.75) is 45.1 Å². The van der Waals surface area contributed by atoms with Crippen molar-refractivity contribution in [1.82, 2.24) is 0 Å². The maximum atomic E-state index is 9.33. The number of aromatic hydroxyl groups is 1. The van der Waals surface area contributed by atoms with Crippen molar-refractivity contribution in [3.8, 4) is 16.9 Å². The van der Waals surface area contributed by atoms with E-state index in [0.717, 1.165) is 18.4 Å². The van der Waals surface area contributed by atoms with E-state index in [0.29, 0.717) is 11.9 Å². The molecule has 0 fully saturated rings. The fraction of sp³-hybridized carbons (Fsp3) is 0.400. The van der Waals surface area contributed by atoms with Crippen LogP contribution in [-0.2, 0) is 11.2 Å². The van der Waals surface area contributed by atoms with Gasteiger partial charge in [-0.25, -0.2) is 0 Å². The summed E-state index contributed by atoms with van der Waals surface area (Å²) in [5, 5.41) is 9.33. The number of hydrogen-bond acceptors (Lipinski definition) is 2. The number of ether oxygens (including phenoxy) is 1. The third-order valence-electron chi connectivity index (χ3n) is 4.13. The Labute approximate surface area is 133 Å². The zero-order valence-electron chi connectivity index (χ0n) is 13.6. The minimum absolute atomic E-state index is 0.308. The molecule has 1 unspecified atom stereocenters. The number of phenolic OH excluding ortho intramolecular Hbond substituents is 1. The number of phenols is 1. The number of unbranched alkanes of at least 4 members (excludes halogenated alkanes) is 2. The quantitative estimate of drug-likeness (QED) is 0.679. The van der Waals surface area contributed by atoms with Gasteiger partial charge in [0.15, 0.2) is 0 Å². The zero-order chi connectivity index (χ0) is 15.8. The lowest BCUT2D eigenvalue weighted by atomic mass is 10.0. The largest absolute Gasteiger partial charge is 0.508 e. The average Bonchev–Trinajstić information content (AvgIpc) is 2.55. The summed E-state index contributed by atoms with van der Waals surface area (Å²) in [6, 6.07) is 16.1. The Balaban J connectivity index is 1.78. The molecule has 0 aliphatic rings. The van der Waals surface area contributed by atoms with Crippen LogP contribution in [0.15, 0.2) is 48.5 Å². The molecule has 0 heterocycles. The van der Waals surface area contributed by atoms with Crippen LogP contribution in [0.4, 0.5) is 0 Å². The highest BCUT2D eigenvalue weighted by Crippen LogP contribution is 2.22. The monoisotopic (exact) mass is 298 g/mol. The highest BCUT2D eigenvalue weighted by atomic mass is 16.5. The van der Waals surface area contributed by atoms with Gasteiger partial charge in [-0.3, -0.25) is 0 Å². The van der Waals surface area contributed by atoms with Gasteiger partial charge in [-0.2, -0.15) is 0 Å². The molecular formula is C20H26O2. The zero-order valence-corrected chi connectivity index (χ0v) is 13.6. The number of hydrogen-bond donors (Lipinski definition) is 1. The second-order valence-corrected chi connectivity index (χ2v) is 5.89. The van der Waals surface area contributed by atoms with E-state index in [4.69, 9.17) is 4.74 Å². The van der Waals surface area contributed by atoms with Crippen LogP contribution in [0.25, 0.3) is 11.1 Å². The van der Waals surface area contributed by atoms with Gasteiger partial charge in [0.1, 0.15) is 5.75 Å². The standard InChI is InChI=1S/C20H26O2/c1-16(22-2)6-4-3-5-7-17-8-10-18(11-9-17)19-12-14-20(21)15-13-19/h8-16,21H,3-7H2,1-2H3. The first kappa shape index (κ1) is 16.6. The number of methoxy groups -OCH3 is 1. The van der Waals surface area contributed by atoms with Gasteiger partial charge in [-0.05, 0) is 55.0 Å². The van der Waals surface area contributed by atoms with Crippen molar-refractivity contribution in [1.29, 1.82) is 0 Å². The molecule has 0 amide bonds. The van der Waals surface area contributed by atoms with Crippen LogP contribution >= 0.6 is 0 Å². The van der Waals surface area contributed by atoms with Crippen molar-refractivity contribution in [3.63, 3.8) is 0 Å². The molecule has 0 radical (unpaired) electrons. The predicted molar refractivity (Wildman–Crippen MR) is 92.2 cm³/mol. The molecule has 0 saturated heterocycles. The lowest BCUT2D eigenvalue weighted by Crippen LogP contribution is -2.03. The molecule has 0 aromatic heterocycles. The highest BCUT2D eigenvalue weighted by Gasteiger charge is 2.01. The average molecular weight is 298 g/mol. The molecule has 0 spiro atoms. The predicted octanol–water partition coefficient (Wildman–Crippen LogP) is 5.20. The number of benzene rings is 2. The minimum Gasteiger partial charge on any atom is -0.508 e. The summed E-state index contributed by atoms with van der Waals surface area (Å²) in [7, 11) is 1.78. The molecule has 0 saturated carbocycles. The Kier molecular flexibility index (Phi) is 6.47. The van der Waals surface area contributed by atoms with Crippen LogP contribution in [0.3, 0.4) is 0 Å². The van der Waals surface area contributed by atoms with Gasteiger partial charge < -0.3 is 9.84 Å². The van der Waals surface area contributed by atoms with Gasteiger partial charge >= 0.3 is 0 Å². The molecule has 22 heavy (non-hydrogen) atoms. The first-order valence-corrected chi connectivity index (χ1v) is 8.10.